The molecule has 6 nitrogen and oxygen atoms in total. The van der Waals surface area contributed by atoms with Gasteiger partial charge in [-0.05, 0) is 45.0 Å². The van der Waals surface area contributed by atoms with Gasteiger partial charge in [0.25, 0.3) is 5.91 Å². The summed E-state index contributed by atoms with van der Waals surface area (Å²) in [5.74, 6) is 1.40. The van der Waals surface area contributed by atoms with Crippen LogP contribution >= 0.6 is 0 Å². The maximum Gasteiger partial charge on any atom is 0.251 e. The number of aromatic nitrogens is 2. The van der Waals surface area contributed by atoms with Gasteiger partial charge in [-0.1, -0.05) is 0 Å². The van der Waals surface area contributed by atoms with Crippen LogP contribution in [0.4, 0.5) is 0 Å². The molecule has 0 spiro atoms. The van der Waals surface area contributed by atoms with Crippen molar-refractivity contribution >= 4 is 5.91 Å². The third-order valence-electron chi connectivity index (χ3n) is 2.75. The average Bonchev–Trinajstić information content (AvgIpc) is 2.85. The SMILES string of the molecule is Cc1nnc([C@H](C)NC(=O)c2ccc(OC(C)C)cc2)o1. The molecular formula is C15H19N3O3. The number of carbonyl (C=O) groups is 1. The van der Waals surface area contributed by atoms with E-state index in [0.717, 1.165) is 5.75 Å². The number of carbonyl (C=O) groups excluding carboxylic acids is 1. The summed E-state index contributed by atoms with van der Waals surface area (Å²) in [4.78, 5) is 12.1. The molecule has 2 rings (SSSR count). The van der Waals surface area contributed by atoms with Gasteiger partial charge in [0.2, 0.25) is 11.8 Å². The van der Waals surface area contributed by atoms with Crippen molar-refractivity contribution in [2.75, 3.05) is 0 Å². The van der Waals surface area contributed by atoms with E-state index in [1.807, 2.05) is 13.8 Å². The van der Waals surface area contributed by atoms with Crippen molar-refractivity contribution in [2.45, 2.75) is 39.8 Å². The predicted octanol–water partition coefficient (Wildman–Crippen LogP) is 2.66. The molecule has 0 bridgehead atoms. The third-order valence-corrected chi connectivity index (χ3v) is 2.75. The Balaban J connectivity index is 1.99. The first-order valence-corrected chi connectivity index (χ1v) is 6.83. The minimum atomic E-state index is -0.342. The highest BCUT2D eigenvalue weighted by Crippen LogP contribution is 2.15. The normalized spacial score (nSPS) is 12.2. The standard InChI is InChI=1S/C15H19N3O3/c1-9(2)20-13-7-5-12(6-8-13)14(19)16-10(3)15-18-17-11(4)21-15/h5-10H,1-4H3,(H,16,19)/t10-/m0/s1. The summed E-state index contributed by atoms with van der Waals surface area (Å²) in [5.41, 5.74) is 0.550. The van der Waals surface area contributed by atoms with Gasteiger partial charge in [0.05, 0.1) is 6.10 Å². The molecule has 0 saturated carbocycles. The molecule has 0 aliphatic heterocycles. The van der Waals surface area contributed by atoms with Crippen LogP contribution in [0.5, 0.6) is 5.75 Å². The maximum absolute atomic E-state index is 12.1. The van der Waals surface area contributed by atoms with Crippen LogP contribution in [-0.4, -0.2) is 22.2 Å². The van der Waals surface area contributed by atoms with Gasteiger partial charge in [-0.15, -0.1) is 10.2 Å². The second kappa shape index (κ2) is 6.39. The molecule has 6 heteroatoms. The van der Waals surface area contributed by atoms with E-state index in [2.05, 4.69) is 15.5 Å². The predicted molar refractivity (Wildman–Crippen MR) is 77.1 cm³/mol. The Bertz CT molecular complexity index is 605. The summed E-state index contributed by atoms with van der Waals surface area (Å²) in [5, 5.41) is 10.4. The molecule has 1 N–H and O–H groups in total. The van der Waals surface area contributed by atoms with Crippen molar-refractivity contribution in [1.29, 1.82) is 0 Å². The summed E-state index contributed by atoms with van der Waals surface area (Å²) < 4.78 is 10.8. The minimum Gasteiger partial charge on any atom is -0.491 e. The van der Waals surface area contributed by atoms with E-state index < -0.39 is 0 Å². The first-order chi connectivity index (χ1) is 9.95. The number of aryl methyl sites for hydroxylation is 1. The Morgan fingerprint density at radius 3 is 2.38 bits per heavy atom. The van der Waals surface area contributed by atoms with E-state index in [4.69, 9.17) is 9.15 Å². The van der Waals surface area contributed by atoms with Crippen LogP contribution < -0.4 is 10.1 Å². The van der Waals surface area contributed by atoms with Crippen molar-refractivity contribution in [3.63, 3.8) is 0 Å². The monoisotopic (exact) mass is 289 g/mol. The van der Waals surface area contributed by atoms with E-state index in [1.54, 1.807) is 38.1 Å². The zero-order valence-electron chi connectivity index (χ0n) is 12.6. The van der Waals surface area contributed by atoms with Gasteiger partial charge in [-0.25, -0.2) is 0 Å². The number of nitrogens with zero attached hydrogens (tertiary/aromatic N) is 2. The molecule has 0 fully saturated rings. The van der Waals surface area contributed by atoms with E-state index in [1.165, 1.54) is 0 Å². The highest BCUT2D eigenvalue weighted by molar-refractivity contribution is 5.94. The van der Waals surface area contributed by atoms with Crippen molar-refractivity contribution in [2.24, 2.45) is 0 Å². The van der Waals surface area contributed by atoms with E-state index in [-0.39, 0.29) is 18.1 Å². The number of hydrogen-bond donors (Lipinski definition) is 1. The fraction of sp³-hybridized carbons (Fsp3) is 0.400. The molecule has 1 atom stereocenters. The largest absolute Gasteiger partial charge is 0.491 e. The third kappa shape index (κ3) is 4.05. The van der Waals surface area contributed by atoms with Crippen LogP contribution in [0.15, 0.2) is 28.7 Å². The van der Waals surface area contributed by atoms with Crippen LogP contribution in [0.1, 0.15) is 49.0 Å². The van der Waals surface area contributed by atoms with E-state index in [9.17, 15) is 4.79 Å². The molecular weight excluding hydrogens is 270 g/mol. The lowest BCUT2D eigenvalue weighted by molar-refractivity contribution is 0.0934. The molecule has 0 unspecified atom stereocenters. The zero-order chi connectivity index (χ0) is 15.4. The number of nitrogens with one attached hydrogen (secondary N) is 1. The molecule has 1 aromatic carbocycles. The fourth-order valence-corrected chi connectivity index (χ4v) is 1.79. The molecule has 1 heterocycles. The fourth-order valence-electron chi connectivity index (χ4n) is 1.79. The molecule has 1 amide bonds. The Hall–Kier alpha value is -2.37. The number of amides is 1. The van der Waals surface area contributed by atoms with Crippen molar-refractivity contribution in [1.82, 2.24) is 15.5 Å². The van der Waals surface area contributed by atoms with Crippen LogP contribution in [0.25, 0.3) is 0 Å². The van der Waals surface area contributed by atoms with Gasteiger partial charge in [-0.3, -0.25) is 4.79 Å². The van der Waals surface area contributed by atoms with Gasteiger partial charge < -0.3 is 14.5 Å². The lowest BCUT2D eigenvalue weighted by Gasteiger charge is -2.12. The van der Waals surface area contributed by atoms with Gasteiger partial charge >= 0.3 is 0 Å². The smallest absolute Gasteiger partial charge is 0.251 e. The number of hydrogen-bond acceptors (Lipinski definition) is 5. The molecule has 1 aromatic heterocycles. The summed E-state index contributed by atoms with van der Waals surface area (Å²) in [7, 11) is 0. The number of ether oxygens (including phenoxy) is 1. The summed E-state index contributed by atoms with van der Waals surface area (Å²) in [6.45, 7) is 7.41. The highest BCUT2D eigenvalue weighted by atomic mass is 16.5. The maximum atomic E-state index is 12.1. The first-order valence-electron chi connectivity index (χ1n) is 6.83. The van der Waals surface area contributed by atoms with E-state index in [0.29, 0.717) is 17.3 Å². The highest BCUT2D eigenvalue weighted by Gasteiger charge is 2.16. The number of rotatable bonds is 5. The molecule has 112 valence electrons. The molecule has 0 aliphatic rings. The molecule has 0 radical (unpaired) electrons. The van der Waals surface area contributed by atoms with Gasteiger partial charge in [0.15, 0.2) is 0 Å². The summed E-state index contributed by atoms with van der Waals surface area (Å²) >= 11 is 0. The van der Waals surface area contributed by atoms with Crippen LogP contribution in [0, 0.1) is 6.92 Å². The Morgan fingerprint density at radius 1 is 1.19 bits per heavy atom. The van der Waals surface area contributed by atoms with Crippen LogP contribution in [0.3, 0.4) is 0 Å². The van der Waals surface area contributed by atoms with Crippen molar-refractivity contribution in [3.05, 3.63) is 41.6 Å². The second-order valence-corrected chi connectivity index (χ2v) is 5.05. The molecule has 21 heavy (non-hydrogen) atoms. The van der Waals surface area contributed by atoms with Gasteiger partial charge in [0.1, 0.15) is 11.8 Å². The molecule has 0 saturated heterocycles. The lowest BCUT2D eigenvalue weighted by atomic mass is 10.2. The Labute approximate surface area is 123 Å². The molecule has 2 aromatic rings. The Morgan fingerprint density at radius 2 is 1.86 bits per heavy atom. The van der Waals surface area contributed by atoms with Crippen molar-refractivity contribution < 1.29 is 13.9 Å². The minimum absolute atomic E-state index is 0.102. The second-order valence-electron chi connectivity index (χ2n) is 5.05. The van der Waals surface area contributed by atoms with E-state index >= 15 is 0 Å². The van der Waals surface area contributed by atoms with Crippen LogP contribution in [-0.2, 0) is 0 Å². The number of benzene rings is 1. The average molecular weight is 289 g/mol. The Kier molecular flexibility index (Phi) is 4.57. The topological polar surface area (TPSA) is 77.2 Å². The zero-order valence-corrected chi connectivity index (χ0v) is 12.6. The summed E-state index contributed by atoms with van der Waals surface area (Å²) in [6.07, 6.45) is 0.102. The van der Waals surface area contributed by atoms with Crippen LogP contribution in [0.2, 0.25) is 0 Å². The van der Waals surface area contributed by atoms with Crippen molar-refractivity contribution in [3.8, 4) is 5.75 Å². The van der Waals surface area contributed by atoms with Gasteiger partial charge in [-0.2, -0.15) is 0 Å². The molecule has 0 aliphatic carbocycles. The van der Waals surface area contributed by atoms with Gasteiger partial charge in [0, 0.05) is 12.5 Å². The first kappa shape index (κ1) is 15.0. The quantitative estimate of drug-likeness (QED) is 0.915. The summed E-state index contributed by atoms with van der Waals surface area (Å²) in [6, 6.07) is 6.65. The lowest BCUT2D eigenvalue weighted by Crippen LogP contribution is -2.26.